The van der Waals surface area contributed by atoms with Crippen molar-refractivity contribution in [2.45, 2.75) is 19.8 Å². The summed E-state index contributed by atoms with van der Waals surface area (Å²) in [7, 11) is 0. The first-order valence-electron chi connectivity index (χ1n) is 8.34. The highest BCUT2D eigenvalue weighted by molar-refractivity contribution is 6.00. The molecule has 0 spiro atoms. The lowest BCUT2D eigenvalue weighted by molar-refractivity contribution is 0.0698. The van der Waals surface area contributed by atoms with Crippen molar-refractivity contribution in [1.82, 2.24) is 14.3 Å². The lowest BCUT2D eigenvalue weighted by Gasteiger charge is -2.30. The number of para-hydroxylation sites is 1. The Balaban J connectivity index is 1.87. The maximum atomic E-state index is 12.9. The van der Waals surface area contributed by atoms with Gasteiger partial charge in [0, 0.05) is 19.3 Å². The highest BCUT2D eigenvalue weighted by atomic mass is 16.2. The number of carbonyl (C=O) groups is 1. The van der Waals surface area contributed by atoms with Crippen LogP contribution in [0.3, 0.4) is 0 Å². The van der Waals surface area contributed by atoms with E-state index in [0.717, 1.165) is 25.9 Å². The van der Waals surface area contributed by atoms with Gasteiger partial charge in [-0.3, -0.25) is 14.0 Å². The molecule has 122 valence electrons. The molecule has 0 saturated carbocycles. The van der Waals surface area contributed by atoms with E-state index >= 15 is 0 Å². The molecule has 0 aliphatic carbocycles. The predicted octanol–water partition coefficient (Wildman–Crippen LogP) is 2.72. The SMILES string of the molecule is CC1CCN(C(=O)c2cccn3c(=O)c4ccccc4nc23)CC1. The van der Waals surface area contributed by atoms with Gasteiger partial charge < -0.3 is 4.90 Å². The standard InChI is InChI=1S/C19H19N3O2/c1-13-8-11-21(12-9-13)18(23)15-6-4-10-22-17(15)20-16-7-3-2-5-14(16)19(22)24/h2-7,10,13H,8-9,11-12H2,1H3. The molecule has 0 radical (unpaired) electrons. The normalized spacial score (nSPS) is 16.0. The Kier molecular flexibility index (Phi) is 3.56. The number of carbonyl (C=O) groups excluding carboxylic acids is 1. The van der Waals surface area contributed by atoms with Crippen molar-refractivity contribution in [3.63, 3.8) is 0 Å². The van der Waals surface area contributed by atoms with Crippen LogP contribution in [0.4, 0.5) is 0 Å². The van der Waals surface area contributed by atoms with Crippen LogP contribution in [-0.2, 0) is 0 Å². The largest absolute Gasteiger partial charge is 0.339 e. The Morgan fingerprint density at radius 2 is 1.88 bits per heavy atom. The fourth-order valence-corrected chi connectivity index (χ4v) is 3.32. The highest BCUT2D eigenvalue weighted by Crippen LogP contribution is 2.20. The second-order valence-electron chi connectivity index (χ2n) is 6.52. The zero-order valence-corrected chi connectivity index (χ0v) is 13.6. The average molecular weight is 321 g/mol. The summed E-state index contributed by atoms with van der Waals surface area (Å²) >= 11 is 0. The molecule has 4 rings (SSSR count). The third kappa shape index (κ3) is 2.37. The number of rotatable bonds is 1. The number of aromatic nitrogens is 2. The van der Waals surface area contributed by atoms with Crippen LogP contribution in [0.5, 0.6) is 0 Å². The molecule has 0 bridgehead atoms. The number of amides is 1. The third-order valence-corrected chi connectivity index (χ3v) is 4.85. The summed E-state index contributed by atoms with van der Waals surface area (Å²) in [6, 6.07) is 10.7. The molecule has 1 aromatic carbocycles. The number of likely N-dealkylation sites (tertiary alicyclic amines) is 1. The molecule has 1 fully saturated rings. The van der Waals surface area contributed by atoms with E-state index < -0.39 is 0 Å². The molecule has 2 aromatic heterocycles. The van der Waals surface area contributed by atoms with Crippen molar-refractivity contribution in [2.24, 2.45) is 5.92 Å². The van der Waals surface area contributed by atoms with Gasteiger partial charge in [0.15, 0.2) is 5.65 Å². The Bertz CT molecular complexity index is 985. The molecule has 1 amide bonds. The van der Waals surface area contributed by atoms with Crippen molar-refractivity contribution in [3.8, 4) is 0 Å². The van der Waals surface area contributed by atoms with Gasteiger partial charge in [0.2, 0.25) is 0 Å². The number of hydrogen-bond donors (Lipinski definition) is 0. The van der Waals surface area contributed by atoms with Gasteiger partial charge in [0.1, 0.15) is 0 Å². The first-order valence-corrected chi connectivity index (χ1v) is 8.34. The molecular weight excluding hydrogens is 302 g/mol. The number of hydrogen-bond acceptors (Lipinski definition) is 3. The van der Waals surface area contributed by atoms with E-state index in [0.29, 0.717) is 28.0 Å². The number of pyridine rings is 1. The maximum absolute atomic E-state index is 12.9. The van der Waals surface area contributed by atoms with E-state index in [1.165, 1.54) is 4.40 Å². The van der Waals surface area contributed by atoms with Crippen molar-refractivity contribution in [3.05, 3.63) is 58.5 Å². The van der Waals surface area contributed by atoms with Crippen LogP contribution in [0.25, 0.3) is 16.6 Å². The number of benzene rings is 1. The minimum atomic E-state index is -0.141. The molecule has 3 aromatic rings. The number of nitrogens with zero attached hydrogens (tertiary/aromatic N) is 3. The van der Waals surface area contributed by atoms with Crippen LogP contribution >= 0.6 is 0 Å². The summed E-state index contributed by atoms with van der Waals surface area (Å²) in [5.41, 5.74) is 1.41. The van der Waals surface area contributed by atoms with Crippen LogP contribution in [-0.4, -0.2) is 33.3 Å². The smallest absolute Gasteiger partial charge is 0.265 e. The Labute approximate surface area is 139 Å². The van der Waals surface area contributed by atoms with E-state index in [-0.39, 0.29) is 11.5 Å². The van der Waals surface area contributed by atoms with Gasteiger partial charge in [0.05, 0.1) is 16.5 Å². The number of piperidine rings is 1. The molecular formula is C19H19N3O2. The van der Waals surface area contributed by atoms with Crippen LogP contribution in [0.2, 0.25) is 0 Å². The second kappa shape index (κ2) is 5.74. The first kappa shape index (κ1) is 14.9. The minimum absolute atomic E-state index is 0.0396. The first-order chi connectivity index (χ1) is 11.6. The van der Waals surface area contributed by atoms with Crippen molar-refractivity contribution in [2.75, 3.05) is 13.1 Å². The van der Waals surface area contributed by atoms with E-state index in [1.54, 1.807) is 30.5 Å². The summed E-state index contributed by atoms with van der Waals surface area (Å²) in [5, 5.41) is 0.561. The predicted molar refractivity (Wildman–Crippen MR) is 93.3 cm³/mol. The zero-order valence-electron chi connectivity index (χ0n) is 13.6. The molecule has 0 unspecified atom stereocenters. The molecule has 3 heterocycles. The van der Waals surface area contributed by atoms with Crippen molar-refractivity contribution >= 4 is 22.5 Å². The fraction of sp³-hybridized carbons (Fsp3) is 0.316. The lowest BCUT2D eigenvalue weighted by Crippen LogP contribution is -2.38. The maximum Gasteiger partial charge on any atom is 0.265 e. The Hall–Kier alpha value is -2.69. The summed E-state index contributed by atoms with van der Waals surface area (Å²) < 4.78 is 1.47. The summed E-state index contributed by atoms with van der Waals surface area (Å²) in [6.45, 7) is 3.74. The van der Waals surface area contributed by atoms with Gasteiger partial charge in [-0.1, -0.05) is 19.1 Å². The molecule has 1 saturated heterocycles. The molecule has 0 atom stereocenters. The fourth-order valence-electron chi connectivity index (χ4n) is 3.32. The van der Waals surface area contributed by atoms with Crippen molar-refractivity contribution in [1.29, 1.82) is 0 Å². The average Bonchev–Trinajstić information content (AvgIpc) is 2.62. The molecule has 5 nitrogen and oxygen atoms in total. The summed E-state index contributed by atoms with van der Waals surface area (Å²) in [6.07, 6.45) is 3.71. The van der Waals surface area contributed by atoms with Gasteiger partial charge in [0.25, 0.3) is 11.5 Å². The van der Waals surface area contributed by atoms with Gasteiger partial charge in [-0.05, 0) is 43.0 Å². The van der Waals surface area contributed by atoms with Gasteiger partial charge >= 0.3 is 0 Å². The zero-order chi connectivity index (χ0) is 16.7. The van der Waals surface area contributed by atoms with Gasteiger partial charge in [-0.2, -0.15) is 0 Å². The quantitative estimate of drug-likeness (QED) is 0.648. The Morgan fingerprint density at radius 1 is 1.12 bits per heavy atom. The molecule has 5 heteroatoms. The van der Waals surface area contributed by atoms with Crippen LogP contribution in [0, 0.1) is 5.92 Å². The monoisotopic (exact) mass is 321 g/mol. The molecule has 1 aliphatic heterocycles. The highest BCUT2D eigenvalue weighted by Gasteiger charge is 2.23. The molecule has 1 aliphatic rings. The summed E-state index contributed by atoms with van der Waals surface area (Å²) in [4.78, 5) is 32.1. The van der Waals surface area contributed by atoms with Crippen LogP contribution < -0.4 is 5.56 Å². The van der Waals surface area contributed by atoms with Gasteiger partial charge in [-0.15, -0.1) is 0 Å². The molecule has 24 heavy (non-hydrogen) atoms. The topological polar surface area (TPSA) is 54.7 Å². The number of fused-ring (bicyclic) bond motifs is 2. The minimum Gasteiger partial charge on any atom is -0.339 e. The summed E-state index contributed by atoms with van der Waals surface area (Å²) in [5.74, 6) is 0.619. The van der Waals surface area contributed by atoms with Gasteiger partial charge in [-0.25, -0.2) is 4.98 Å². The third-order valence-electron chi connectivity index (χ3n) is 4.85. The lowest BCUT2D eigenvalue weighted by atomic mass is 9.99. The van der Waals surface area contributed by atoms with Crippen molar-refractivity contribution < 1.29 is 4.79 Å². The van der Waals surface area contributed by atoms with E-state index in [1.807, 2.05) is 17.0 Å². The van der Waals surface area contributed by atoms with E-state index in [9.17, 15) is 9.59 Å². The second-order valence-corrected chi connectivity index (χ2v) is 6.52. The van der Waals surface area contributed by atoms with E-state index in [4.69, 9.17) is 0 Å². The Morgan fingerprint density at radius 3 is 2.67 bits per heavy atom. The van der Waals surface area contributed by atoms with E-state index in [2.05, 4.69) is 11.9 Å². The molecule has 0 N–H and O–H groups in total. The van der Waals surface area contributed by atoms with Crippen LogP contribution in [0.15, 0.2) is 47.4 Å². The van der Waals surface area contributed by atoms with Crippen LogP contribution in [0.1, 0.15) is 30.1 Å².